The van der Waals surface area contributed by atoms with E-state index in [1.807, 2.05) is 37.3 Å². The highest BCUT2D eigenvalue weighted by Gasteiger charge is 2.09. The summed E-state index contributed by atoms with van der Waals surface area (Å²) < 4.78 is 5.68. The molecular formula is C16H12N2O. The van der Waals surface area contributed by atoms with Crippen LogP contribution in [-0.2, 0) is 0 Å². The number of nitrogens with zero attached hydrogens (tertiary/aromatic N) is 2. The normalized spacial score (nSPS) is 10.5. The van der Waals surface area contributed by atoms with Gasteiger partial charge in [-0.25, -0.2) is 0 Å². The van der Waals surface area contributed by atoms with Crippen molar-refractivity contribution in [3.63, 3.8) is 0 Å². The Hall–Kier alpha value is -2.60. The van der Waals surface area contributed by atoms with Gasteiger partial charge in [0.15, 0.2) is 0 Å². The molecule has 2 aromatic carbocycles. The molecule has 1 aromatic heterocycles. The number of pyridine rings is 1. The van der Waals surface area contributed by atoms with Crippen molar-refractivity contribution < 1.29 is 4.74 Å². The van der Waals surface area contributed by atoms with Gasteiger partial charge in [-0.3, -0.25) is 4.98 Å². The van der Waals surface area contributed by atoms with Crippen LogP contribution < -0.4 is 4.74 Å². The van der Waals surface area contributed by atoms with Gasteiger partial charge in [0.1, 0.15) is 5.75 Å². The Labute approximate surface area is 111 Å². The zero-order valence-corrected chi connectivity index (χ0v) is 10.6. The monoisotopic (exact) mass is 248 g/mol. The maximum atomic E-state index is 9.17. The number of rotatable bonds is 2. The lowest BCUT2D eigenvalue weighted by Gasteiger charge is -2.10. The van der Waals surface area contributed by atoms with Crippen molar-refractivity contribution in [2.45, 2.75) is 6.92 Å². The van der Waals surface area contributed by atoms with Crippen molar-refractivity contribution in [1.82, 2.24) is 4.98 Å². The van der Waals surface area contributed by atoms with Gasteiger partial charge >= 0.3 is 0 Å². The van der Waals surface area contributed by atoms with Gasteiger partial charge in [-0.15, -0.1) is 0 Å². The summed E-state index contributed by atoms with van der Waals surface area (Å²) in [7, 11) is 0. The SMILES string of the molecule is CCOc1cccc2ccc3c(C#N)ccnc3c12. The first-order valence-electron chi connectivity index (χ1n) is 6.18. The van der Waals surface area contributed by atoms with E-state index in [0.29, 0.717) is 12.2 Å². The Balaban J connectivity index is 2.48. The topological polar surface area (TPSA) is 45.9 Å². The Morgan fingerprint density at radius 1 is 1.21 bits per heavy atom. The second kappa shape index (κ2) is 4.58. The smallest absolute Gasteiger partial charge is 0.129 e. The maximum Gasteiger partial charge on any atom is 0.129 e. The molecule has 19 heavy (non-hydrogen) atoms. The van der Waals surface area contributed by atoms with Crippen LogP contribution >= 0.6 is 0 Å². The number of benzene rings is 2. The minimum Gasteiger partial charge on any atom is -0.493 e. The molecular weight excluding hydrogens is 236 g/mol. The van der Waals surface area contributed by atoms with Crippen LogP contribution in [0.2, 0.25) is 0 Å². The lowest BCUT2D eigenvalue weighted by atomic mass is 10.0. The third kappa shape index (κ3) is 1.78. The first-order valence-corrected chi connectivity index (χ1v) is 6.18. The summed E-state index contributed by atoms with van der Waals surface area (Å²) in [5.74, 6) is 0.813. The molecule has 1 heterocycles. The predicted octanol–water partition coefficient (Wildman–Crippen LogP) is 3.66. The largest absolute Gasteiger partial charge is 0.493 e. The molecule has 3 rings (SSSR count). The van der Waals surface area contributed by atoms with Crippen LogP contribution in [-0.4, -0.2) is 11.6 Å². The first kappa shape index (κ1) is 11.5. The fourth-order valence-electron chi connectivity index (χ4n) is 2.33. The van der Waals surface area contributed by atoms with Crippen LogP contribution in [0.3, 0.4) is 0 Å². The van der Waals surface area contributed by atoms with E-state index in [1.54, 1.807) is 12.3 Å². The molecule has 3 heteroatoms. The molecule has 0 spiro atoms. The van der Waals surface area contributed by atoms with E-state index < -0.39 is 0 Å². The highest BCUT2D eigenvalue weighted by atomic mass is 16.5. The quantitative estimate of drug-likeness (QED) is 0.650. The van der Waals surface area contributed by atoms with Crippen molar-refractivity contribution >= 4 is 21.7 Å². The molecule has 0 radical (unpaired) electrons. The van der Waals surface area contributed by atoms with Crippen LogP contribution in [0.25, 0.3) is 21.7 Å². The average Bonchev–Trinajstić information content (AvgIpc) is 2.46. The van der Waals surface area contributed by atoms with Crippen molar-refractivity contribution in [2.24, 2.45) is 0 Å². The average molecular weight is 248 g/mol. The van der Waals surface area contributed by atoms with Gasteiger partial charge < -0.3 is 4.74 Å². The zero-order valence-electron chi connectivity index (χ0n) is 10.6. The number of ether oxygens (including phenoxy) is 1. The molecule has 0 saturated heterocycles. The molecule has 0 saturated carbocycles. The molecule has 0 fully saturated rings. The van der Waals surface area contributed by atoms with Crippen LogP contribution in [0, 0.1) is 11.3 Å². The summed E-state index contributed by atoms with van der Waals surface area (Å²) in [5, 5.41) is 12.1. The lowest BCUT2D eigenvalue weighted by molar-refractivity contribution is 0.344. The van der Waals surface area contributed by atoms with E-state index in [1.165, 1.54) is 0 Å². The number of hydrogen-bond acceptors (Lipinski definition) is 3. The van der Waals surface area contributed by atoms with Gasteiger partial charge in [0.05, 0.1) is 29.1 Å². The summed E-state index contributed by atoms with van der Waals surface area (Å²) in [4.78, 5) is 4.43. The molecule has 92 valence electrons. The van der Waals surface area contributed by atoms with Gasteiger partial charge in [0, 0.05) is 11.6 Å². The third-order valence-corrected chi connectivity index (χ3v) is 3.14. The first-order chi connectivity index (χ1) is 9.35. The summed E-state index contributed by atoms with van der Waals surface area (Å²) >= 11 is 0. The van der Waals surface area contributed by atoms with Crippen molar-refractivity contribution in [3.05, 3.63) is 48.2 Å². The third-order valence-electron chi connectivity index (χ3n) is 3.14. The lowest BCUT2D eigenvalue weighted by Crippen LogP contribution is -1.94. The second-order valence-corrected chi connectivity index (χ2v) is 4.22. The van der Waals surface area contributed by atoms with E-state index in [-0.39, 0.29) is 0 Å². The Morgan fingerprint density at radius 3 is 2.89 bits per heavy atom. The molecule has 0 amide bonds. The Kier molecular flexibility index (Phi) is 2.77. The predicted molar refractivity (Wildman–Crippen MR) is 75.1 cm³/mol. The van der Waals surface area contributed by atoms with Crippen LogP contribution in [0.5, 0.6) is 5.75 Å². The fraction of sp³-hybridized carbons (Fsp3) is 0.125. The molecule has 0 N–H and O–H groups in total. The second-order valence-electron chi connectivity index (χ2n) is 4.22. The van der Waals surface area contributed by atoms with E-state index in [9.17, 15) is 5.26 Å². The summed E-state index contributed by atoms with van der Waals surface area (Å²) in [6, 6.07) is 13.8. The van der Waals surface area contributed by atoms with Crippen LogP contribution in [0.1, 0.15) is 12.5 Å². The summed E-state index contributed by atoms with van der Waals surface area (Å²) in [6.07, 6.45) is 1.67. The molecule has 0 unspecified atom stereocenters. The van der Waals surface area contributed by atoms with E-state index >= 15 is 0 Å². The van der Waals surface area contributed by atoms with Gasteiger partial charge in [0.2, 0.25) is 0 Å². The minimum atomic E-state index is 0.605. The highest BCUT2D eigenvalue weighted by molar-refractivity contribution is 6.09. The number of fused-ring (bicyclic) bond motifs is 3. The molecule has 0 aliphatic heterocycles. The molecule has 3 aromatic rings. The zero-order chi connectivity index (χ0) is 13.2. The van der Waals surface area contributed by atoms with Gasteiger partial charge in [0.25, 0.3) is 0 Å². The fourth-order valence-corrected chi connectivity index (χ4v) is 2.33. The van der Waals surface area contributed by atoms with Gasteiger partial charge in [-0.1, -0.05) is 24.3 Å². The van der Waals surface area contributed by atoms with Gasteiger partial charge in [-0.05, 0) is 24.4 Å². The molecule has 0 aliphatic carbocycles. The van der Waals surface area contributed by atoms with Gasteiger partial charge in [-0.2, -0.15) is 5.26 Å². The molecule has 3 nitrogen and oxygen atoms in total. The van der Waals surface area contributed by atoms with E-state index in [4.69, 9.17) is 4.74 Å². The number of aromatic nitrogens is 1. The van der Waals surface area contributed by atoms with Crippen molar-refractivity contribution in [3.8, 4) is 11.8 Å². The maximum absolute atomic E-state index is 9.17. The van der Waals surface area contributed by atoms with E-state index in [2.05, 4.69) is 11.1 Å². The summed E-state index contributed by atoms with van der Waals surface area (Å²) in [5.41, 5.74) is 1.46. The van der Waals surface area contributed by atoms with Crippen LogP contribution in [0.4, 0.5) is 0 Å². The number of hydrogen-bond donors (Lipinski definition) is 0. The van der Waals surface area contributed by atoms with Crippen molar-refractivity contribution in [2.75, 3.05) is 6.61 Å². The Morgan fingerprint density at radius 2 is 2.11 bits per heavy atom. The minimum absolute atomic E-state index is 0.605. The van der Waals surface area contributed by atoms with Crippen molar-refractivity contribution in [1.29, 1.82) is 5.26 Å². The van der Waals surface area contributed by atoms with Crippen LogP contribution in [0.15, 0.2) is 42.6 Å². The highest BCUT2D eigenvalue weighted by Crippen LogP contribution is 2.32. The Bertz CT molecular complexity index is 803. The molecule has 0 bridgehead atoms. The standard InChI is InChI=1S/C16H12N2O/c1-2-19-14-5-3-4-11-6-7-13-12(10-17)8-9-18-16(13)15(11)14/h3-9H,2H2,1H3. The summed E-state index contributed by atoms with van der Waals surface area (Å²) in [6.45, 7) is 2.56. The molecule has 0 aliphatic rings. The number of nitriles is 1. The van der Waals surface area contributed by atoms with E-state index in [0.717, 1.165) is 27.4 Å². The molecule has 0 atom stereocenters.